The van der Waals surface area contributed by atoms with Crippen molar-refractivity contribution in [3.05, 3.63) is 24.3 Å². The predicted molar refractivity (Wildman–Crippen MR) is 119 cm³/mol. The highest BCUT2D eigenvalue weighted by Gasteiger charge is 2.38. The van der Waals surface area contributed by atoms with Crippen LogP contribution in [0.2, 0.25) is 0 Å². The Hall–Kier alpha value is -2.61. The van der Waals surface area contributed by atoms with Crippen LogP contribution in [0.1, 0.15) is 33.6 Å². The van der Waals surface area contributed by atoms with Gasteiger partial charge in [-0.1, -0.05) is 19.1 Å². The van der Waals surface area contributed by atoms with Gasteiger partial charge in [-0.15, -0.1) is 0 Å². The molecule has 2 fully saturated rings. The Morgan fingerprint density at radius 3 is 2.55 bits per heavy atom. The van der Waals surface area contributed by atoms with Crippen LogP contribution >= 0.6 is 0 Å². The van der Waals surface area contributed by atoms with Crippen LogP contribution in [-0.4, -0.2) is 79.4 Å². The molecular formula is C23H34N4O4. The van der Waals surface area contributed by atoms with Gasteiger partial charge in [-0.05, 0) is 32.4 Å². The summed E-state index contributed by atoms with van der Waals surface area (Å²) in [6.07, 6.45) is 1.12. The minimum Gasteiger partial charge on any atom is -0.492 e. The van der Waals surface area contributed by atoms with Crippen molar-refractivity contribution in [1.29, 1.82) is 0 Å². The van der Waals surface area contributed by atoms with Gasteiger partial charge in [0.25, 0.3) is 0 Å². The number of ether oxygens (including phenoxy) is 1. The van der Waals surface area contributed by atoms with Crippen LogP contribution < -0.4 is 15.0 Å². The monoisotopic (exact) mass is 430 g/mol. The largest absolute Gasteiger partial charge is 0.492 e. The van der Waals surface area contributed by atoms with Crippen molar-refractivity contribution >= 4 is 23.4 Å². The first kappa shape index (κ1) is 23.1. The predicted octanol–water partition coefficient (Wildman–Crippen LogP) is 1.50. The second kappa shape index (κ2) is 10.6. The summed E-state index contributed by atoms with van der Waals surface area (Å²) in [6.45, 7) is 9.67. The van der Waals surface area contributed by atoms with Gasteiger partial charge in [0.15, 0.2) is 0 Å². The Bertz CT molecular complexity index is 792. The summed E-state index contributed by atoms with van der Waals surface area (Å²) in [7, 11) is 0. The molecule has 0 bridgehead atoms. The average Bonchev–Trinajstić information content (AvgIpc) is 3.15. The maximum Gasteiger partial charge on any atom is 0.234 e. The molecule has 2 aliphatic heterocycles. The molecule has 2 saturated heterocycles. The molecule has 31 heavy (non-hydrogen) atoms. The SMILES string of the molecule is CCOc1ccccc1N1CC(C(=O)N2CCN(CC(=O)NC(C)CC)CC2)CC1=O. The third-order valence-corrected chi connectivity index (χ3v) is 6.00. The number of carbonyl (C=O) groups excluding carboxylic acids is 3. The van der Waals surface area contributed by atoms with Gasteiger partial charge in [0, 0.05) is 45.2 Å². The Morgan fingerprint density at radius 2 is 1.87 bits per heavy atom. The van der Waals surface area contributed by atoms with Crippen LogP contribution in [0.4, 0.5) is 5.69 Å². The Morgan fingerprint density at radius 1 is 1.16 bits per heavy atom. The van der Waals surface area contributed by atoms with Crippen LogP contribution in [0.25, 0.3) is 0 Å². The Balaban J connectivity index is 1.53. The lowest BCUT2D eigenvalue weighted by atomic mass is 10.1. The van der Waals surface area contributed by atoms with E-state index in [9.17, 15) is 14.4 Å². The Kier molecular flexibility index (Phi) is 7.90. The number of amides is 3. The maximum atomic E-state index is 13.1. The van der Waals surface area contributed by atoms with E-state index in [0.717, 1.165) is 12.1 Å². The molecule has 2 heterocycles. The second-order valence-electron chi connectivity index (χ2n) is 8.28. The Labute approximate surface area is 184 Å². The van der Waals surface area contributed by atoms with E-state index in [1.54, 1.807) is 4.90 Å². The van der Waals surface area contributed by atoms with E-state index in [0.29, 0.717) is 51.6 Å². The van der Waals surface area contributed by atoms with Gasteiger partial charge in [-0.3, -0.25) is 19.3 Å². The van der Waals surface area contributed by atoms with Gasteiger partial charge in [0.05, 0.1) is 24.8 Å². The molecule has 2 atom stereocenters. The van der Waals surface area contributed by atoms with E-state index in [1.165, 1.54) is 0 Å². The van der Waals surface area contributed by atoms with Crippen LogP contribution in [0.3, 0.4) is 0 Å². The number of benzene rings is 1. The minimum atomic E-state index is -0.345. The number of carbonyl (C=O) groups is 3. The molecule has 1 aromatic rings. The molecule has 170 valence electrons. The molecule has 1 aromatic carbocycles. The number of rotatable bonds is 8. The second-order valence-corrected chi connectivity index (χ2v) is 8.28. The molecule has 0 aliphatic carbocycles. The smallest absolute Gasteiger partial charge is 0.234 e. The molecule has 2 aliphatic rings. The van der Waals surface area contributed by atoms with Crippen molar-refractivity contribution < 1.29 is 19.1 Å². The molecule has 8 nitrogen and oxygen atoms in total. The quantitative estimate of drug-likeness (QED) is 0.676. The van der Waals surface area contributed by atoms with Gasteiger partial charge < -0.3 is 19.9 Å². The number of nitrogens with one attached hydrogen (secondary N) is 1. The van der Waals surface area contributed by atoms with Crippen molar-refractivity contribution in [2.75, 3.05) is 50.8 Å². The minimum absolute atomic E-state index is 0.0217. The molecule has 1 N–H and O–H groups in total. The van der Waals surface area contributed by atoms with Crippen molar-refractivity contribution in [2.45, 2.75) is 39.7 Å². The summed E-state index contributed by atoms with van der Waals surface area (Å²) in [4.78, 5) is 43.4. The molecule has 0 radical (unpaired) electrons. The van der Waals surface area contributed by atoms with E-state index in [-0.39, 0.29) is 36.1 Å². The van der Waals surface area contributed by atoms with E-state index in [4.69, 9.17) is 4.74 Å². The molecule has 0 saturated carbocycles. The molecule has 8 heteroatoms. The summed E-state index contributed by atoms with van der Waals surface area (Å²) in [5.74, 6) is 0.316. The first-order valence-electron chi connectivity index (χ1n) is 11.3. The van der Waals surface area contributed by atoms with E-state index >= 15 is 0 Å². The van der Waals surface area contributed by atoms with Gasteiger partial charge in [0.2, 0.25) is 17.7 Å². The van der Waals surface area contributed by atoms with Gasteiger partial charge in [-0.25, -0.2) is 0 Å². The number of anilines is 1. The lowest BCUT2D eigenvalue weighted by molar-refractivity contribution is -0.137. The van der Waals surface area contributed by atoms with Gasteiger partial charge in [0.1, 0.15) is 5.75 Å². The zero-order valence-corrected chi connectivity index (χ0v) is 18.8. The van der Waals surface area contributed by atoms with Gasteiger partial charge in [-0.2, -0.15) is 0 Å². The summed E-state index contributed by atoms with van der Waals surface area (Å²) < 4.78 is 5.66. The third-order valence-electron chi connectivity index (χ3n) is 6.00. The summed E-state index contributed by atoms with van der Waals surface area (Å²) in [5.41, 5.74) is 0.724. The van der Waals surface area contributed by atoms with Crippen LogP contribution in [0, 0.1) is 5.92 Å². The number of para-hydroxylation sites is 2. The fourth-order valence-electron chi connectivity index (χ4n) is 4.07. The van der Waals surface area contributed by atoms with Crippen molar-refractivity contribution in [3.63, 3.8) is 0 Å². The lowest BCUT2D eigenvalue weighted by Gasteiger charge is -2.35. The number of piperazine rings is 1. The van der Waals surface area contributed by atoms with E-state index in [1.807, 2.05) is 49.9 Å². The standard InChI is InChI=1S/C23H34N4O4/c1-4-17(3)24-21(28)16-25-10-12-26(13-11-25)23(30)18-14-22(29)27(15-18)19-8-6-7-9-20(19)31-5-2/h6-9,17-18H,4-5,10-16H2,1-3H3,(H,24,28). The van der Waals surface area contributed by atoms with Crippen molar-refractivity contribution in [1.82, 2.24) is 15.1 Å². The lowest BCUT2D eigenvalue weighted by Crippen LogP contribution is -2.53. The fraction of sp³-hybridized carbons (Fsp3) is 0.609. The number of hydrogen-bond acceptors (Lipinski definition) is 5. The first-order valence-corrected chi connectivity index (χ1v) is 11.3. The summed E-state index contributed by atoms with van der Waals surface area (Å²) in [5, 5.41) is 2.98. The molecule has 2 unspecified atom stereocenters. The molecule has 3 rings (SSSR count). The van der Waals surface area contributed by atoms with Crippen LogP contribution in [0.15, 0.2) is 24.3 Å². The van der Waals surface area contributed by atoms with E-state index < -0.39 is 0 Å². The van der Waals surface area contributed by atoms with E-state index in [2.05, 4.69) is 10.2 Å². The zero-order valence-electron chi connectivity index (χ0n) is 18.8. The zero-order chi connectivity index (χ0) is 22.4. The average molecular weight is 431 g/mol. The normalized spacial score (nSPS) is 20.6. The van der Waals surface area contributed by atoms with Crippen molar-refractivity contribution in [2.24, 2.45) is 5.92 Å². The molecule has 0 spiro atoms. The first-order chi connectivity index (χ1) is 14.9. The molecule has 0 aromatic heterocycles. The van der Waals surface area contributed by atoms with Crippen LogP contribution in [-0.2, 0) is 14.4 Å². The summed E-state index contributed by atoms with van der Waals surface area (Å²) in [6, 6.07) is 7.62. The van der Waals surface area contributed by atoms with Crippen molar-refractivity contribution in [3.8, 4) is 5.75 Å². The topological polar surface area (TPSA) is 82.2 Å². The highest BCUT2D eigenvalue weighted by molar-refractivity contribution is 6.01. The molecule has 3 amide bonds. The number of nitrogens with zero attached hydrogens (tertiary/aromatic N) is 3. The highest BCUT2D eigenvalue weighted by Crippen LogP contribution is 2.33. The van der Waals surface area contributed by atoms with Gasteiger partial charge >= 0.3 is 0 Å². The van der Waals surface area contributed by atoms with Crippen LogP contribution in [0.5, 0.6) is 5.75 Å². The maximum absolute atomic E-state index is 13.1. The highest BCUT2D eigenvalue weighted by atomic mass is 16.5. The fourth-order valence-corrected chi connectivity index (χ4v) is 4.07. The summed E-state index contributed by atoms with van der Waals surface area (Å²) >= 11 is 0. The number of hydrogen-bond donors (Lipinski definition) is 1. The third kappa shape index (κ3) is 5.76. The molecular weight excluding hydrogens is 396 g/mol.